The molecule has 2 atom stereocenters. The van der Waals surface area contributed by atoms with Crippen LogP contribution in [-0.2, 0) is 33.2 Å². The molecule has 106 valence electrons. The summed E-state index contributed by atoms with van der Waals surface area (Å²) in [6.45, 7) is 3.16. The van der Waals surface area contributed by atoms with E-state index < -0.39 is 9.84 Å². The van der Waals surface area contributed by atoms with E-state index in [9.17, 15) is 8.42 Å². The minimum atomic E-state index is -3.10. The van der Waals surface area contributed by atoms with Crippen molar-refractivity contribution >= 4 is 21.2 Å². The molecular formula is C13H19NO3S2. The Morgan fingerprint density at radius 1 is 1.42 bits per heavy atom. The van der Waals surface area contributed by atoms with Crippen molar-refractivity contribution in [3.63, 3.8) is 0 Å². The number of fused-ring (bicyclic) bond motifs is 1. The van der Waals surface area contributed by atoms with E-state index in [1.54, 1.807) is 11.3 Å². The lowest BCUT2D eigenvalue weighted by Gasteiger charge is -2.15. The summed E-state index contributed by atoms with van der Waals surface area (Å²) in [5.74, 6) is 0.785. The van der Waals surface area contributed by atoms with Crippen LogP contribution in [0, 0.1) is 5.92 Å². The molecule has 2 aliphatic rings. The molecule has 0 aromatic carbocycles. The van der Waals surface area contributed by atoms with E-state index in [1.807, 2.05) is 0 Å². The van der Waals surface area contributed by atoms with Crippen LogP contribution in [0.2, 0.25) is 0 Å². The predicted octanol–water partition coefficient (Wildman–Crippen LogP) is 1.97. The van der Waals surface area contributed by atoms with E-state index in [4.69, 9.17) is 4.74 Å². The highest BCUT2D eigenvalue weighted by Gasteiger charge is 2.31. The largest absolute Gasteiger partial charge is 0.380 e. The molecule has 6 heteroatoms. The van der Waals surface area contributed by atoms with Crippen LogP contribution in [0.25, 0.3) is 0 Å². The molecule has 0 spiro atoms. The highest BCUT2D eigenvalue weighted by atomic mass is 32.2. The SMILES string of the molecule is CC1CCc2nc(CS(=O)(=O)C3CCOC3)sc2C1. The number of thiazole rings is 1. The predicted molar refractivity (Wildman–Crippen MR) is 75.2 cm³/mol. The number of ether oxygens (including phenoxy) is 1. The maximum Gasteiger partial charge on any atom is 0.162 e. The first-order valence-electron chi connectivity index (χ1n) is 6.81. The average molecular weight is 301 g/mol. The van der Waals surface area contributed by atoms with Crippen molar-refractivity contribution < 1.29 is 13.2 Å². The molecule has 2 unspecified atom stereocenters. The van der Waals surface area contributed by atoms with Crippen LogP contribution in [0.3, 0.4) is 0 Å². The molecule has 0 amide bonds. The van der Waals surface area contributed by atoms with E-state index in [2.05, 4.69) is 11.9 Å². The van der Waals surface area contributed by atoms with E-state index in [-0.39, 0.29) is 11.0 Å². The number of aryl methyl sites for hydroxylation is 1. The van der Waals surface area contributed by atoms with Crippen LogP contribution in [0.15, 0.2) is 0 Å². The summed E-state index contributed by atoms with van der Waals surface area (Å²) in [7, 11) is -3.10. The fourth-order valence-electron chi connectivity index (χ4n) is 2.74. The van der Waals surface area contributed by atoms with Gasteiger partial charge in [-0.15, -0.1) is 11.3 Å². The Kier molecular flexibility index (Phi) is 3.66. The Labute approximate surface area is 118 Å². The van der Waals surface area contributed by atoms with Gasteiger partial charge in [0.05, 0.1) is 17.6 Å². The van der Waals surface area contributed by atoms with Crippen molar-refractivity contribution in [1.82, 2.24) is 4.98 Å². The minimum absolute atomic E-state index is 0.0904. The number of hydrogen-bond acceptors (Lipinski definition) is 5. The van der Waals surface area contributed by atoms with E-state index >= 15 is 0 Å². The van der Waals surface area contributed by atoms with Gasteiger partial charge in [-0.05, 0) is 31.6 Å². The lowest BCUT2D eigenvalue weighted by Crippen LogP contribution is -2.22. The van der Waals surface area contributed by atoms with Gasteiger partial charge < -0.3 is 4.74 Å². The highest BCUT2D eigenvalue weighted by molar-refractivity contribution is 7.91. The van der Waals surface area contributed by atoms with Crippen molar-refractivity contribution in [3.05, 3.63) is 15.6 Å². The first-order chi connectivity index (χ1) is 9.04. The first kappa shape index (κ1) is 13.5. The quantitative estimate of drug-likeness (QED) is 0.856. The van der Waals surface area contributed by atoms with Gasteiger partial charge >= 0.3 is 0 Å². The van der Waals surface area contributed by atoms with Crippen LogP contribution >= 0.6 is 11.3 Å². The third-order valence-electron chi connectivity index (χ3n) is 3.95. The Bertz CT molecular complexity index is 558. The second kappa shape index (κ2) is 5.14. The van der Waals surface area contributed by atoms with Gasteiger partial charge in [-0.3, -0.25) is 0 Å². The zero-order valence-corrected chi connectivity index (χ0v) is 12.7. The number of hydrogen-bond donors (Lipinski definition) is 0. The molecule has 1 fully saturated rings. The number of rotatable bonds is 3. The van der Waals surface area contributed by atoms with Crippen molar-refractivity contribution in [1.29, 1.82) is 0 Å². The van der Waals surface area contributed by atoms with Crippen LogP contribution in [0.5, 0.6) is 0 Å². The maximum absolute atomic E-state index is 12.3. The normalized spacial score (nSPS) is 27.4. The van der Waals surface area contributed by atoms with Crippen LogP contribution in [-0.4, -0.2) is 31.9 Å². The molecule has 1 aromatic heterocycles. The summed E-state index contributed by atoms with van der Waals surface area (Å²) in [4.78, 5) is 5.84. The zero-order valence-electron chi connectivity index (χ0n) is 11.1. The van der Waals surface area contributed by atoms with E-state index in [0.29, 0.717) is 25.6 Å². The Hall–Kier alpha value is -0.460. The number of nitrogens with zero attached hydrogens (tertiary/aromatic N) is 1. The zero-order chi connectivity index (χ0) is 13.5. The molecule has 4 nitrogen and oxygen atoms in total. The van der Waals surface area contributed by atoms with Gasteiger partial charge in [0.25, 0.3) is 0 Å². The minimum Gasteiger partial charge on any atom is -0.380 e. The Balaban J connectivity index is 1.76. The van der Waals surface area contributed by atoms with Crippen molar-refractivity contribution in [2.75, 3.05) is 13.2 Å². The van der Waals surface area contributed by atoms with Gasteiger partial charge in [0.15, 0.2) is 9.84 Å². The Morgan fingerprint density at radius 3 is 3.00 bits per heavy atom. The van der Waals surface area contributed by atoms with Crippen molar-refractivity contribution in [3.8, 4) is 0 Å². The summed E-state index contributed by atoms with van der Waals surface area (Å²) in [5, 5.41) is 0.443. The molecule has 1 aromatic rings. The van der Waals surface area contributed by atoms with Crippen molar-refractivity contribution in [2.45, 2.75) is 43.6 Å². The van der Waals surface area contributed by atoms with Gasteiger partial charge in [-0.25, -0.2) is 13.4 Å². The monoisotopic (exact) mass is 301 g/mol. The average Bonchev–Trinajstić information content (AvgIpc) is 2.95. The molecule has 1 saturated heterocycles. The molecular weight excluding hydrogens is 282 g/mol. The molecule has 0 N–H and O–H groups in total. The van der Waals surface area contributed by atoms with Gasteiger partial charge in [0.2, 0.25) is 0 Å². The summed E-state index contributed by atoms with van der Waals surface area (Å²) < 4.78 is 29.7. The molecule has 1 aliphatic carbocycles. The number of sulfone groups is 1. The topological polar surface area (TPSA) is 56.3 Å². The van der Waals surface area contributed by atoms with Crippen molar-refractivity contribution in [2.24, 2.45) is 5.92 Å². The number of aromatic nitrogens is 1. The second-order valence-corrected chi connectivity index (χ2v) is 9.07. The fourth-order valence-corrected chi connectivity index (χ4v) is 5.95. The van der Waals surface area contributed by atoms with Crippen LogP contribution < -0.4 is 0 Å². The molecule has 0 bridgehead atoms. The smallest absolute Gasteiger partial charge is 0.162 e. The maximum atomic E-state index is 12.3. The van der Waals surface area contributed by atoms with Crippen LogP contribution in [0.4, 0.5) is 0 Å². The Morgan fingerprint density at radius 2 is 2.26 bits per heavy atom. The first-order valence-corrected chi connectivity index (χ1v) is 9.34. The molecule has 2 heterocycles. The third kappa shape index (κ3) is 2.85. The van der Waals surface area contributed by atoms with Crippen LogP contribution in [0.1, 0.15) is 35.3 Å². The molecule has 1 aliphatic heterocycles. The van der Waals surface area contributed by atoms with Gasteiger partial charge in [0, 0.05) is 11.5 Å². The molecule has 3 rings (SSSR count). The third-order valence-corrected chi connectivity index (χ3v) is 7.32. The summed E-state index contributed by atoms with van der Waals surface area (Å²) in [6, 6.07) is 0. The van der Waals surface area contributed by atoms with Gasteiger partial charge in [-0.1, -0.05) is 6.92 Å². The highest BCUT2D eigenvalue weighted by Crippen LogP contribution is 2.31. The fraction of sp³-hybridized carbons (Fsp3) is 0.769. The molecule has 0 saturated carbocycles. The summed E-state index contributed by atoms with van der Waals surface area (Å²) in [5.41, 5.74) is 1.14. The molecule has 19 heavy (non-hydrogen) atoms. The second-order valence-electron chi connectivity index (χ2n) is 5.62. The lowest BCUT2D eigenvalue weighted by molar-refractivity contribution is 0.198. The summed E-state index contributed by atoms with van der Waals surface area (Å²) in [6.07, 6.45) is 3.85. The van der Waals surface area contributed by atoms with Gasteiger partial charge in [0.1, 0.15) is 10.8 Å². The van der Waals surface area contributed by atoms with E-state index in [0.717, 1.165) is 23.5 Å². The summed E-state index contributed by atoms with van der Waals surface area (Å²) >= 11 is 1.59. The van der Waals surface area contributed by atoms with E-state index in [1.165, 1.54) is 11.3 Å². The molecule has 0 radical (unpaired) electrons. The standard InChI is InChI=1S/C13H19NO3S2/c1-9-2-3-11-12(6-9)18-13(14-11)8-19(15,16)10-4-5-17-7-10/h9-10H,2-8H2,1H3. The van der Waals surface area contributed by atoms with Gasteiger partial charge in [-0.2, -0.15) is 0 Å². The lowest BCUT2D eigenvalue weighted by atomic mass is 9.93.